The van der Waals surface area contributed by atoms with Crippen molar-refractivity contribution in [3.05, 3.63) is 11.5 Å². The molecule has 0 spiro atoms. The molecule has 12 heavy (non-hydrogen) atoms. The van der Waals surface area contributed by atoms with Gasteiger partial charge in [0.1, 0.15) is 0 Å². The number of carboxylic acid groups (broad SMARTS) is 1. The zero-order chi connectivity index (χ0) is 10.1. The molecule has 0 aliphatic carbocycles. The zero-order valence-electron chi connectivity index (χ0n) is 6.61. The third kappa shape index (κ3) is 15.9. The first-order valence-electron chi connectivity index (χ1n) is 2.95. The van der Waals surface area contributed by atoms with Gasteiger partial charge in [-0.25, -0.2) is 9.59 Å². The smallest absolute Gasteiger partial charge is 0.404 e. The second kappa shape index (κ2) is 7.93. The van der Waals surface area contributed by atoms with Crippen LogP contribution in [0.3, 0.4) is 0 Å². The molecule has 0 radical (unpaired) electrons. The van der Waals surface area contributed by atoms with E-state index in [1.807, 2.05) is 0 Å². The van der Waals surface area contributed by atoms with Gasteiger partial charge in [-0.05, 0) is 6.92 Å². The molecule has 0 fully saturated rings. The average molecular weight is 193 g/mol. The van der Waals surface area contributed by atoms with Crippen molar-refractivity contribution in [2.75, 3.05) is 6.61 Å². The number of carbonyl (C=O) groups is 2. The predicted molar refractivity (Wildman–Crippen MR) is 47.0 cm³/mol. The number of nitrogens with two attached hydrogens (primary N) is 1. The molecule has 70 valence electrons. The largest absolute Gasteiger partial charge is 0.477 e. The van der Waals surface area contributed by atoms with Crippen LogP contribution in [0.15, 0.2) is 11.5 Å². The highest BCUT2D eigenvalue weighted by molar-refractivity contribution is 7.85. The summed E-state index contributed by atoms with van der Waals surface area (Å²) in [4.78, 5) is 19.0. The Balaban J connectivity index is 0. The molecule has 0 atom stereocenters. The lowest BCUT2D eigenvalue weighted by atomic mass is 10.7. The van der Waals surface area contributed by atoms with Gasteiger partial charge in [-0.15, -0.1) is 12.6 Å². The Morgan fingerprint density at radius 2 is 2.00 bits per heavy atom. The SMILES string of the molecule is C=C(S)C(=O)O.CCOC(N)=O. The summed E-state index contributed by atoms with van der Waals surface area (Å²) in [5.74, 6) is -1.07. The molecule has 0 aromatic rings. The number of primary amides is 1. The quantitative estimate of drug-likeness (QED) is 0.443. The highest BCUT2D eigenvalue weighted by Gasteiger charge is 1.91. The third-order valence-corrected chi connectivity index (χ3v) is 0.725. The zero-order valence-corrected chi connectivity index (χ0v) is 7.51. The first-order valence-corrected chi connectivity index (χ1v) is 3.39. The van der Waals surface area contributed by atoms with Gasteiger partial charge in [-0.3, -0.25) is 0 Å². The number of hydrogen-bond acceptors (Lipinski definition) is 4. The van der Waals surface area contributed by atoms with E-state index in [0.29, 0.717) is 6.61 Å². The van der Waals surface area contributed by atoms with Gasteiger partial charge in [0, 0.05) is 0 Å². The van der Waals surface area contributed by atoms with Crippen LogP contribution in [0.5, 0.6) is 0 Å². The van der Waals surface area contributed by atoms with Gasteiger partial charge in [0.2, 0.25) is 0 Å². The predicted octanol–water partition coefficient (Wildman–Crippen LogP) is 0.616. The number of rotatable bonds is 2. The summed E-state index contributed by atoms with van der Waals surface area (Å²) in [6.07, 6.45) is -0.711. The highest BCUT2D eigenvalue weighted by Crippen LogP contribution is 1.91. The van der Waals surface area contributed by atoms with Crippen LogP contribution in [0.4, 0.5) is 4.79 Å². The van der Waals surface area contributed by atoms with Gasteiger partial charge in [-0.2, -0.15) is 0 Å². The van der Waals surface area contributed by atoms with Crippen LogP contribution in [0, 0.1) is 0 Å². The van der Waals surface area contributed by atoms with Gasteiger partial charge < -0.3 is 15.6 Å². The van der Waals surface area contributed by atoms with Crippen LogP contribution in [0.2, 0.25) is 0 Å². The Labute approximate surface area is 75.6 Å². The van der Waals surface area contributed by atoms with E-state index in [1.54, 1.807) is 6.92 Å². The first kappa shape index (κ1) is 13.4. The van der Waals surface area contributed by atoms with Crippen molar-refractivity contribution in [3.63, 3.8) is 0 Å². The fraction of sp³-hybridized carbons (Fsp3) is 0.333. The van der Waals surface area contributed by atoms with Crippen molar-refractivity contribution in [3.8, 4) is 0 Å². The number of hydrogen-bond donors (Lipinski definition) is 3. The summed E-state index contributed by atoms with van der Waals surface area (Å²) in [6, 6.07) is 0. The molecule has 0 saturated heterocycles. The molecule has 0 aliphatic heterocycles. The maximum atomic E-state index is 9.60. The summed E-state index contributed by atoms with van der Waals surface area (Å²) >= 11 is 3.40. The molecule has 6 heteroatoms. The number of ether oxygens (including phenoxy) is 1. The maximum absolute atomic E-state index is 9.60. The molecule has 0 aromatic carbocycles. The normalized spacial score (nSPS) is 7.50. The molecule has 3 N–H and O–H groups in total. The summed E-state index contributed by atoms with van der Waals surface area (Å²) in [7, 11) is 0. The van der Waals surface area contributed by atoms with E-state index >= 15 is 0 Å². The third-order valence-electron chi connectivity index (χ3n) is 0.533. The van der Waals surface area contributed by atoms with Crippen molar-refractivity contribution >= 4 is 24.7 Å². The number of amides is 1. The van der Waals surface area contributed by atoms with Crippen molar-refractivity contribution < 1.29 is 19.4 Å². The number of aliphatic carboxylic acids is 1. The van der Waals surface area contributed by atoms with E-state index in [9.17, 15) is 9.59 Å². The molecule has 0 aromatic heterocycles. The minimum atomic E-state index is -1.07. The highest BCUT2D eigenvalue weighted by atomic mass is 32.1. The van der Waals surface area contributed by atoms with Crippen LogP contribution < -0.4 is 5.73 Å². The van der Waals surface area contributed by atoms with Crippen molar-refractivity contribution in [1.82, 2.24) is 0 Å². The Bertz CT molecular complexity index is 168. The molecular weight excluding hydrogens is 182 g/mol. The van der Waals surface area contributed by atoms with Gasteiger partial charge in [0.05, 0.1) is 11.5 Å². The Kier molecular flexibility index (Phi) is 8.87. The molecule has 0 unspecified atom stereocenters. The molecule has 0 heterocycles. The summed E-state index contributed by atoms with van der Waals surface area (Å²) < 4.78 is 4.18. The minimum Gasteiger partial charge on any atom is -0.477 e. The van der Waals surface area contributed by atoms with Crippen LogP contribution in [-0.4, -0.2) is 23.8 Å². The van der Waals surface area contributed by atoms with E-state index in [1.165, 1.54) is 0 Å². The lowest BCUT2D eigenvalue weighted by Crippen LogP contribution is -2.11. The fourth-order valence-corrected chi connectivity index (χ4v) is 0.142. The van der Waals surface area contributed by atoms with Gasteiger partial charge in [0.15, 0.2) is 0 Å². The van der Waals surface area contributed by atoms with Crippen LogP contribution >= 0.6 is 12.6 Å². The van der Waals surface area contributed by atoms with Crippen molar-refractivity contribution in [2.45, 2.75) is 6.92 Å². The fourth-order valence-electron chi connectivity index (χ4n) is 0.142. The van der Waals surface area contributed by atoms with Crippen LogP contribution in [0.1, 0.15) is 6.92 Å². The number of carboxylic acids is 1. The van der Waals surface area contributed by atoms with Crippen LogP contribution in [-0.2, 0) is 9.53 Å². The van der Waals surface area contributed by atoms with Gasteiger partial charge in [-0.1, -0.05) is 6.58 Å². The van der Waals surface area contributed by atoms with E-state index in [2.05, 4.69) is 29.7 Å². The van der Waals surface area contributed by atoms with E-state index in [-0.39, 0.29) is 4.91 Å². The second-order valence-electron chi connectivity index (χ2n) is 1.50. The molecule has 5 nitrogen and oxygen atoms in total. The Morgan fingerprint density at radius 1 is 1.67 bits per heavy atom. The monoisotopic (exact) mass is 193 g/mol. The molecule has 0 aliphatic rings. The Hall–Kier alpha value is -1.17. The van der Waals surface area contributed by atoms with Crippen molar-refractivity contribution in [2.24, 2.45) is 5.73 Å². The van der Waals surface area contributed by atoms with Crippen molar-refractivity contribution in [1.29, 1.82) is 0 Å². The molecule has 0 bridgehead atoms. The van der Waals surface area contributed by atoms with E-state index < -0.39 is 12.1 Å². The standard InChI is InChI=1S/C3H7NO2.C3H4O2S/c1-2-6-3(4)5;1-2(6)3(4)5/h2H2,1H3,(H2,4,5);6H,1H2,(H,4,5). The van der Waals surface area contributed by atoms with E-state index in [4.69, 9.17) is 5.11 Å². The lowest BCUT2D eigenvalue weighted by molar-refractivity contribution is -0.131. The molecule has 1 amide bonds. The average Bonchev–Trinajstić information content (AvgIpc) is 1.87. The number of carbonyl (C=O) groups excluding carboxylic acids is 1. The first-order chi connectivity index (χ1) is 5.41. The van der Waals surface area contributed by atoms with E-state index in [0.717, 1.165) is 0 Å². The summed E-state index contributed by atoms with van der Waals surface area (Å²) in [5, 5.41) is 7.81. The van der Waals surface area contributed by atoms with Gasteiger partial charge >= 0.3 is 12.1 Å². The maximum Gasteiger partial charge on any atom is 0.404 e. The molecule has 0 rings (SSSR count). The summed E-state index contributed by atoms with van der Waals surface area (Å²) in [5.41, 5.74) is 4.54. The van der Waals surface area contributed by atoms with Gasteiger partial charge in [0.25, 0.3) is 0 Å². The number of thiol groups is 1. The minimum absolute atomic E-state index is 0.130. The molecule has 0 saturated carbocycles. The van der Waals surface area contributed by atoms with Crippen LogP contribution in [0.25, 0.3) is 0 Å². The second-order valence-corrected chi connectivity index (χ2v) is 2.04. The summed E-state index contributed by atoms with van der Waals surface area (Å²) in [6.45, 7) is 5.07. The lowest BCUT2D eigenvalue weighted by Gasteiger charge is -1.89. The Morgan fingerprint density at radius 3 is 2.00 bits per heavy atom. The topological polar surface area (TPSA) is 89.6 Å². The molecular formula is C6H11NO4S.